The average molecular weight is 1340 g/mol. The van der Waals surface area contributed by atoms with E-state index in [9.17, 15) is 43.2 Å². The second kappa shape index (κ2) is 65.4. The van der Waals surface area contributed by atoms with E-state index < -0.39 is 97.5 Å². The van der Waals surface area contributed by atoms with Gasteiger partial charge in [0.15, 0.2) is 12.2 Å². The third-order valence-corrected chi connectivity index (χ3v) is 19.0. The molecule has 91 heavy (non-hydrogen) atoms. The van der Waals surface area contributed by atoms with Crippen LogP contribution in [0.1, 0.15) is 375 Å². The summed E-state index contributed by atoms with van der Waals surface area (Å²) in [5.74, 6) is -1.28. The van der Waals surface area contributed by atoms with Gasteiger partial charge in [0.2, 0.25) is 0 Å². The molecule has 0 aliphatic heterocycles. The van der Waals surface area contributed by atoms with Gasteiger partial charge in [-0.25, -0.2) is 9.13 Å². The largest absolute Gasteiger partial charge is 0.472 e. The maximum atomic E-state index is 13.0. The molecular weight excluding hydrogens is 1200 g/mol. The van der Waals surface area contributed by atoms with E-state index in [-0.39, 0.29) is 25.7 Å². The van der Waals surface area contributed by atoms with E-state index in [4.69, 9.17) is 37.0 Å². The zero-order valence-corrected chi connectivity index (χ0v) is 60.8. The van der Waals surface area contributed by atoms with Gasteiger partial charge in [-0.3, -0.25) is 37.3 Å². The first-order chi connectivity index (χ1) is 44.1. The molecule has 0 aliphatic rings. The van der Waals surface area contributed by atoms with Crippen molar-refractivity contribution in [3.63, 3.8) is 0 Å². The molecule has 0 bridgehead atoms. The molecule has 0 aromatic heterocycles. The van der Waals surface area contributed by atoms with Crippen LogP contribution in [0, 0.1) is 5.92 Å². The summed E-state index contributed by atoms with van der Waals surface area (Å²) in [4.78, 5) is 72.5. The van der Waals surface area contributed by atoms with Gasteiger partial charge < -0.3 is 33.8 Å². The van der Waals surface area contributed by atoms with Gasteiger partial charge in [0, 0.05) is 25.7 Å². The van der Waals surface area contributed by atoms with Gasteiger partial charge in [-0.2, -0.15) is 0 Å². The molecule has 19 heteroatoms. The highest BCUT2D eigenvalue weighted by atomic mass is 31.2. The van der Waals surface area contributed by atoms with E-state index in [2.05, 4.69) is 34.6 Å². The first kappa shape index (κ1) is 89.1. The van der Waals surface area contributed by atoms with Crippen LogP contribution in [0.25, 0.3) is 0 Å². The summed E-state index contributed by atoms with van der Waals surface area (Å²) in [5, 5.41) is 10.6. The van der Waals surface area contributed by atoms with Gasteiger partial charge in [0.05, 0.1) is 26.4 Å². The molecule has 0 fully saturated rings. The van der Waals surface area contributed by atoms with Crippen molar-refractivity contribution in [1.82, 2.24) is 0 Å². The van der Waals surface area contributed by atoms with Crippen molar-refractivity contribution in [2.75, 3.05) is 39.6 Å². The molecule has 0 radical (unpaired) electrons. The summed E-state index contributed by atoms with van der Waals surface area (Å²) in [6.45, 7) is 7.28. The topological polar surface area (TPSA) is 237 Å². The lowest BCUT2D eigenvalue weighted by Gasteiger charge is -2.21. The number of aliphatic hydroxyl groups is 1. The molecule has 0 saturated carbocycles. The summed E-state index contributed by atoms with van der Waals surface area (Å²) in [5.41, 5.74) is 0. The van der Waals surface area contributed by atoms with E-state index >= 15 is 0 Å². The Labute approximate surface area is 556 Å². The Morgan fingerprint density at radius 2 is 0.527 bits per heavy atom. The number of esters is 4. The summed E-state index contributed by atoms with van der Waals surface area (Å²) in [6.07, 6.45) is 52.6. The van der Waals surface area contributed by atoms with Gasteiger partial charge in [-0.15, -0.1) is 0 Å². The fourth-order valence-corrected chi connectivity index (χ4v) is 12.5. The molecule has 0 saturated heterocycles. The van der Waals surface area contributed by atoms with Crippen LogP contribution in [-0.2, 0) is 65.4 Å². The molecule has 17 nitrogen and oxygen atoms in total. The predicted octanol–water partition coefficient (Wildman–Crippen LogP) is 20.9. The lowest BCUT2D eigenvalue weighted by Crippen LogP contribution is -2.30. The van der Waals surface area contributed by atoms with Crippen LogP contribution >= 0.6 is 15.6 Å². The molecule has 0 aromatic carbocycles. The molecule has 0 heterocycles. The molecule has 6 atom stereocenters. The van der Waals surface area contributed by atoms with Crippen molar-refractivity contribution in [2.45, 2.75) is 393 Å². The highest BCUT2D eigenvalue weighted by molar-refractivity contribution is 7.47. The third-order valence-electron chi connectivity index (χ3n) is 17.1. The third kappa shape index (κ3) is 65.1. The fraction of sp³-hybridized carbons (Fsp3) is 0.944. The number of ether oxygens (including phenoxy) is 4. The average Bonchev–Trinajstić information content (AvgIpc) is 2.74. The van der Waals surface area contributed by atoms with Crippen molar-refractivity contribution >= 4 is 39.5 Å². The molecule has 540 valence electrons. The first-order valence-corrected chi connectivity index (χ1v) is 40.7. The summed E-state index contributed by atoms with van der Waals surface area (Å²) in [6, 6.07) is 0. The van der Waals surface area contributed by atoms with E-state index in [1.165, 1.54) is 193 Å². The molecule has 3 N–H and O–H groups in total. The van der Waals surface area contributed by atoms with E-state index in [1.54, 1.807) is 0 Å². The molecular formula is C72H140O17P2. The van der Waals surface area contributed by atoms with Gasteiger partial charge in [0.1, 0.15) is 19.3 Å². The molecule has 0 spiro atoms. The minimum absolute atomic E-state index is 0.107. The van der Waals surface area contributed by atoms with Crippen molar-refractivity contribution in [1.29, 1.82) is 0 Å². The zero-order chi connectivity index (χ0) is 67.0. The lowest BCUT2D eigenvalue weighted by atomic mass is 9.99. The number of hydrogen-bond acceptors (Lipinski definition) is 15. The van der Waals surface area contributed by atoms with Crippen molar-refractivity contribution < 1.29 is 80.2 Å². The van der Waals surface area contributed by atoms with Crippen LogP contribution < -0.4 is 0 Å². The Morgan fingerprint density at radius 1 is 0.308 bits per heavy atom. The number of aliphatic hydroxyl groups excluding tert-OH is 1. The summed E-state index contributed by atoms with van der Waals surface area (Å²) >= 11 is 0. The van der Waals surface area contributed by atoms with E-state index in [1.807, 2.05) is 0 Å². The smallest absolute Gasteiger partial charge is 0.462 e. The van der Waals surface area contributed by atoms with Gasteiger partial charge in [0.25, 0.3) is 0 Å². The van der Waals surface area contributed by atoms with Gasteiger partial charge in [-0.1, -0.05) is 324 Å². The van der Waals surface area contributed by atoms with Crippen LogP contribution in [0.5, 0.6) is 0 Å². The van der Waals surface area contributed by atoms with Crippen LogP contribution in [0.4, 0.5) is 0 Å². The molecule has 0 rings (SSSR count). The fourth-order valence-electron chi connectivity index (χ4n) is 11.0. The van der Waals surface area contributed by atoms with Gasteiger partial charge in [-0.05, 0) is 31.6 Å². The number of unbranched alkanes of at least 4 members (excludes halogenated alkanes) is 43. The SMILES string of the molecule is CCCCCCCCCCCCCCCCCC(=O)OC[C@H](COP(=O)(O)OC[C@@H](O)COP(=O)(O)OC[C@@H](COC(=O)CCCCCCCCCC)OC(=O)CCCCCCCCCCCC)OC(=O)CCCCCCCCCCCCCCCCC(C)CC. The Balaban J connectivity index is 5.20. The highest BCUT2D eigenvalue weighted by Crippen LogP contribution is 2.45. The number of phosphoric acid groups is 2. The second-order valence-electron chi connectivity index (χ2n) is 26.2. The zero-order valence-electron chi connectivity index (χ0n) is 59.0. The Bertz CT molecular complexity index is 1760. The van der Waals surface area contributed by atoms with Crippen LogP contribution in [-0.4, -0.2) is 96.7 Å². The second-order valence-corrected chi connectivity index (χ2v) is 29.1. The molecule has 3 unspecified atom stereocenters. The lowest BCUT2D eigenvalue weighted by molar-refractivity contribution is -0.161. The standard InChI is InChI=1S/C72H140O17P2/c1-6-10-13-16-19-22-24-25-26-30-33-37-41-46-51-56-70(75)83-62-68(89-72(77)58-53-48-43-38-34-31-28-27-29-32-35-39-44-49-54-65(5)9-4)64-87-91(80,81)85-60-66(73)59-84-90(78,79)86-63-67(61-82-69(74)55-50-45-40-21-18-15-12-8-3)88-71(76)57-52-47-42-36-23-20-17-14-11-7-2/h65-68,73H,6-64H2,1-5H3,(H,78,79)(H,80,81)/t65?,66-,67+,68+/m0/s1. The molecule has 0 aromatic rings. The molecule has 0 amide bonds. The van der Waals surface area contributed by atoms with Crippen LogP contribution in [0.2, 0.25) is 0 Å². The number of phosphoric ester groups is 2. The maximum Gasteiger partial charge on any atom is 0.472 e. The van der Waals surface area contributed by atoms with Crippen LogP contribution in [0.15, 0.2) is 0 Å². The number of rotatable bonds is 72. The minimum atomic E-state index is -4.95. The quantitative estimate of drug-likeness (QED) is 0.0222. The van der Waals surface area contributed by atoms with Crippen molar-refractivity contribution in [3.8, 4) is 0 Å². The number of hydrogen-bond donors (Lipinski definition) is 3. The monoisotopic (exact) mass is 1340 g/mol. The number of carbonyl (C=O) groups is 4. The summed E-state index contributed by atoms with van der Waals surface area (Å²) in [7, 11) is -9.90. The molecule has 0 aliphatic carbocycles. The highest BCUT2D eigenvalue weighted by Gasteiger charge is 2.30. The summed E-state index contributed by atoms with van der Waals surface area (Å²) < 4.78 is 68.3. The normalized spacial score (nSPS) is 14.3. The van der Waals surface area contributed by atoms with Crippen molar-refractivity contribution in [2.24, 2.45) is 5.92 Å². The maximum absolute atomic E-state index is 13.0. The number of carbonyl (C=O) groups excluding carboxylic acids is 4. The van der Waals surface area contributed by atoms with E-state index in [0.29, 0.717) is 25.7 Å². The van der Waals surface area contributed by atoms with Gasteiger partial charge >= 0.3 is 39.5 Å². The Kier molecular flexibility index (Phi) is 64.0. The predicted molar refractivity (Wildman–Crippen MR) is 368 cm³/mol. The minimum Gasteiger partial charge on any atom is -0.462 e. The Morgan fingerprint density at radius 3 is 0.780 bits per heavy atom. The van der Waals surface area contributed by atoms with Crippen LogP contribution in [0.3, 0.4) is 0 Å². The first-order valence-electron chi connectivity index (χ1n) is 37.7. The Hall–Kier alpha value is -1.94. The van der Waals surface area contributed by atoms with E-state index in [0.717, 1.165) is 102 Å². The van der Waals surface area contributed by atoms with Crippen molar-refractivity contribution in [3.05, 3.63) is 0 Å².